The summed E-state index contributed by atoms with van der Waals surface area (Å²) < 4.78 is 58.3. The molecule has 1 N–H and O–H groups in total. The molecule has 98 valence electrons. The van der Waals surface area contributed by atoms with Crippen molar-refractivity contribution in [3.8, 4) is 0 Å². The Balaban J connectivity index is 2.84. The number of rotatable bonds is 4. The van der Waals surface area contributed by atoms with Crippen molar-refractivity contribution in [2.24, 2.45) is 0 Å². The van der Waals surface area contributed by atoms with Gasteiger partial charge in [0.25, 0.3) is 0 Å². The molecule has 0 aromatic carbocycles. The Labute approximate surface area is 97.2 Å². The van der Waals surface area contributed by atoms with E-state index in [1.807, 2.05) is 0 Å². The third-order valence-electron chi connectivity index (χ3n) is 2.17. The van der Waals surface area contributed by atoms with Crippen LogP contribution in [-0.4, -0.2) is 30.0 Å². The molecule has 0 saturated carbocycles. The number of hydrogen-bond donors (Lipinski definition) is 1. The van der Waals surface area contributed by atoms with E-state index in [1.165, 1.54) is 28.3 Å². The Morgan fingerprint density at radius 1 is 1.47 bits per heavy atom. The summed E-state index contributed by atoms with van der Waals surface area (Å²) in [6.45, 7) is 5.18. The van der Waals surface area contributed by atoms with E-state index < -0.39 is 21.7 Å². The van der Waals surface area contributed by atoms with Gasteiger partial charge in [-0.25, -0.2) is 8.42 Å². The number of hydrogen-bond acceptors (Lipinski definition) is 4. The molecule has 0 aromatic heterocycles. The predicted octanol–water partition coefficient (Wildman–Crippen LogP) is 1.31. The van der Waals surface area contributed by atoms with Crippen LogP contribution in [0.4, 0.5) is 13.2 Å². The summed E-state index contributed by atoms with van der Waals surface area (Å²) in [6, 6.07) is 0. The maximum atomic E-state index is 12.2. The molecule has 0 aromatic rings. The van der Waals surface area contributed by atoms with Crippen molar-refractivity contribution >= 4 is 10.0 Å². The maximum Gasteiger partial charge on any atom is 0.513 e. The van der Waals surface area contributed by atoms with Crippen LogP contribution < -0.4 is 4.83 Å². The van der Waals surface area contributed by atoms with Crippen LogP contribution >= 0.6 is 0 Å². The van der Waals surface area contributed by atoms with Gasteiger partial charge in [0.2, 0.25) is 0 Å². The molecule has 1 aliphatic heterocycles. The second-order valence-electron chi connectivity index (χ2n) is 3.26. The lowest BCUT2D eigenvalue weighted by Crippen LogP contribution is -2.50. The van der Waals surface area contributed by atoms with Crippen molar-refractivity contribution in [1.82, 2.24) is 14.7 Å². The van der Waals surface area contributed by atoms with E-state index in [0.29, 0.717) is 6.42 Å². The molecule has 1 rings (SSSR count). The highest BCUT2D eigenvalue weighted by molar-refractivity contribution is 7.90. The highest BCUT2D eigenvalue weighted by atomic mass is 32.2. The van der Waals surface area contributed by atoms with Crippen LogP contribution in [0.25, 0.3) is 0 Å². The van der Waals surface area contributed by atoms with E-state index in [9.17, 15) is 21.6 Å². The fourth-order valence-electron chi connectivity index (χ4n) is 1.36. The standard InChI is InChI=1S/C8H12F3N3O2S/c1-3-7-13(4-2)5-6-14(7)12-17(15,16)8(9,10)11/h4-7,12H,2-3H2,1H3. The molecule has 0 spiro atoms. The van der Waals surface area contributed by atoms with Crippen LogP contribution in [0.2, 0.25) is 0 Å². The van der Waals surface area contributed by atoms with Gasteiger partial charge in [0.15, 0.2) is 0 Å². The highest BCUT2D eigenvalue weighted by Gasteiger charge is 2.47. The third kappa shape index (κ3) is 2.72. The Kier molecular flexibility index (Phi) is 3.72. The quantitative estimate of drug-likeness (QED) is 0.837. The molecule has 5 nitrogen and oxygen atoms in total. The Morgan fingerprint density at radius 3 is 2.47 bits per heavy atom. The first-order valence-corrected chi connectivity index (χ1v) is 6.16. The van der Waals surface area contributed by atoms with Crippen molar-refractivity contribution in [3.05, 3.63) is 25.2 Å². The van der Waals surface area contributed by atoms with E-state index in [4.69, 9.17) is 0 Å². The Bertz CT molecular complexity index is 418. The van der Waals surface area contributed by atoms with Gasteiger partial charge in [-0.15, -0.1) is 4.83 Å². The minimum absolute atomic E-state index is 0.416. The second-order valence-corrected chi connectivity index (χ2v) is 4.92. The number of nitrogens with one attached hydrogen (secondary N) is 1. The first-order valence-electron chi connectivity index (χ1n) is 4.68. The molecule has 0 saturated heterocycles. The molecule has 9 heteroatoms. The first-order chi connectivity index (χ1) is 7.73. The van der Waals surface area contributed by atoms with Gasteiger partial charge < -0.3 is 4.90 Å². The van der Waals surface area contributed by atoms with Gasteiger partial charge in [-0.2, -0.15) is 13.2 Å². The van der Waals surface area contributed by atoms with Gasteiger partial charge in [0.1, 0.15) is 6.17 Å². The molecule has 0 fully saturated rings. The summed E-state index contributed by atoms with van der Waals surface area (Å²) in [7, 11) is -5.39. The number of alkyl halides is 3. The van der Waals surface area contributed by atoms with Crippen LogP contribution in [0.5, 0.6) is 0 Å². The lowest BCUT2D eigenvalue weighted by atomic mass is 10.3. The predicted molar refractivity (Wildman–Crippen MR) is 55.2 cm³/mol. The van der Waals surface area contributed by atoms with Crippen LogP contribution in [0.1, 0.15) is 13.3 Å². The molecule has 1 heterocycles. The highest BCUT2D eigenvalue weighted by Crippen LogP contribution is 2.24. The van der Waals surface area contributed by atoms with E-state index in [2.05, 4.69) is 6.58 Å². The van der Waals surface area contributed by atoms with Crippen LogP contribution in [0.3, 0.4) is 0 Å². The van der Waals surface area contributed by atoms with Crippen LogP contribution in [-0.2, 0) is 10.0 Å². The van der Waals surface area contributed by atoms with Crippen molar-refractivity contribution < 1.29 is 21.6 Å². The summed E-state index contributed by atoms with van der Waals surface area (Å²) in [6.07, 6.45) is 3.90. The van der Waals surface area contributed by atoms with Crippen LogP contribution in [0, 0.1) is 0 Å². The maximum absolute atomic E-state index is 12.2. The third-order valence-corrected chi connectivity index (χ3v) is 3.23. The van der Waals surface area contributed by atoms with Crippen LogP contribution in [0.15, 0.2) is 25.2 Å². The molecule has 1 aliphatic rings. The molecule has 17 heavy (non-hydrogen) atoms. The summed E-state index contributed by atoms with van der Waals surface area (Å²) >= 11 is 0. The molecular formula is C8H12F3N3O2S. The summed E-state index contributed by atoms with van der Waals surface area (Å²) in [5, 5.41) is 0.879. The van der Waals surface area contributed by atoms with Gasteiger partial charge in [0.05, 0.1) is 0 Å². The van der Waals surface area contributed by atoms with E-state index in [-0.39, 0.29) is 0 Å². The van der Waals surface area contributed by atoms with Crippen molar-refractivity contribution in [3.63, 3.8) is 0 Å². The monoisotopic (exact) mass is 271 g/mol. The summed E-state index contributed by atoms with van der Waals surface area (Å²) in [5.74, 6) is 0. The Morgan fingerprint density at radius 2 is 2.06 bits per heavy atom. The topological polar surface area (TPSA) is 52.6 Å². The SMILES string of the molecule is C=CN1C=CN(NS(=O)(=O)C(F)(F)F)C1CC. The molecule has 0 radical (unpaired) electrons. The number of hydrazine groups is 1. The minimum Gasteiger partial charge on any atom is -0.331 e. The summed E-state index contributed by atoms with van der Waals surface area (Å²) in [5.41, 5.74) is -5.33. The normalized spacial score (nSPS) is 21.1. The minimum atomic E-state index is -5.39. The fraction of sp³-hybridized carbons (Fsp3) is 0.500. The first kappa shape index (κ1) is 13.8. The fourth-order valence-corrected chi connectivity index (χ4v) is 1.93. The average Bonchev–Trinajstić information content (AvgIpc) is 2.57. The number of nitrogens with zero attached hydrogens (tertiary/aromatic N) is 2. The smallest absolute Gasteiger partial charge is 0.331 e. The van der Waals surface area contributed by atoms with Gasteiger partial charge >= 0.3 is 15.5 Å². The Hall–Kier alpha value is -1.22. The molecule has 0 amide bonds. The summed E-state index contributed by atoms with van der Waals surface area (Å²) in [4.78, 5) is 2.96. The zero-order chi connectivity index (χ0) is 13.3. The zero-order valence-electron chi connectivity index (χ0n) is 8.98. The number of sulfonamides is 1. The molecule has 1 unspecified atom stereocenters. The van der Waals surface area contributed by atoms with Crippen molar-refractivity contribution in [2.75, 3.05) is 0 Å². The molecule has 1 atom stereocenters. The van der Waals surface area contributed by atoms with Crippen molar-refractivity contribution in [1.29, 1.82) is 0 Å². The second kappa shape index (κ2) is 4.57. The largest absolute Gasteiger partial charge is 0.513 e. The lowest BCUT2D eigenvalue weighted by molar-refractivity contribution is -0.0473. The number of halogens is 3. The zero-order valence-corrected chi connectivity index (χ0v) is 9.79. The van der Waals surface area contributed by atoms with Gasteiger partial charge in [0, 0.05) is 12.4 Å². The average molecular weight is 271 g/mol. The van der Waals surface area contributed by atoms with E-state index >= 15 is 0 Å². The molecule has 0 aliphatic carbocycles. The molecular weight excluding hydrogens is 259 g/mol. The molecule has 0 bridgehead atoms. The van der Waals surface area contributed by atoms with Gasteiger partial charge in [-0.3, -0.25) is 5.01 Å². The van der Waals surface area contributed by atoms with E-state index in [1.54, 1.807) is 6.92 Å². The van der Waals surface area contributed by atoms with Gasteiger partial charge in [-0.1, -0.05) is 13.5 Å². The van der Waals surface area contributed by atoms with Crippen molar-refractivity contribution in [2.45, 2.75) is 25.0 Å². The lowest BCUT2D eigenvalue weighted by Gasteiger charge is -2.29. The van der Waals surface area contributed by atoms with Gasteiger partial charge in [-0.05, 0) is 12.6 Å². The van der Waals surface area contributed by atoms with E-state index in [0.717, 1.165) is 5.01 Å².